The summed E-state index contributed by atoms with van der Waals surface area (Å²) in [6.07, 6.45) is 4.06. The predicted molar refractivity (Wildman–Crippen MR) is 91.5 cm³/mol. The number of aromatic nitrogens is 3. The molecule has 0 radical (unpaired) electrons. The molecular formula is C18H18N4O2. The highest BCUT2D eigenvalue weighted by Crippen LogP contribution is 2.10. The zero-order chi connectivity index (χ0) is 16.9. The van der Waals surface area contributed by atoms with Crippen LogP contribution in [0.1, 0.15) is 30.8 Å². The minimum absolute atomic E-state index is 0.0952. The van der Waals surface area contributed by atoms with E-state index in [1.54, 1.807) is 30.6 Å². The molecule has 3 aromatic rings. The van der Waals surface area contributed by atoms with Gasteiger partial charge in [0.25, 0.3) is 5.56 Å². The summed E-state index contributed by atoms with van der Waals surface area (Å²) in [5.41, 5.74) is 1.41. The third-order valence-electron chi connectivity index (χ3n) is 3.81. The van der Waals surface area contributed by atoms with Gasteiger partial charge >= 0.3 is 0 Å². The number of pyridine rings is 1. The topological polar surface area (TPSA) is 87.7 Å². The van der Waals surface area contributed by atoms with Crippen LogP contribution in [0.3, 0.4) is 0 Å². The van der Waals surface area contributed by atoms with Crippen molar-refractivity contribution in [2.24, 2.45) is 0 Å². The number of fused-ring (bicyclic) bond motifs is 1. The van der Waals surface area contributed by atoms with Gasteiger partial charge in [-0.2, -0.15) is 0 Å². The van der Waals surface area contributed by atoms with Gasteiger partial charge in [0.2, 0.25) is 5.91 Å². The van der Waals surface area contributed by atoms with Crippen LogP contribution in [0.5, 0.6) is 0 Å². The molecule has 122 valence electrons. The number of carbonyl (C=O) groups is 1. The highest BCUT2D eigenvalue weighted by Gasteiger charge is 2.11. The van der Waals surface area contributed by atoms with E-state index in [4.69, 9.17) is 0 Å². The molecular weight excluding hydrogens is 304 g/mol. The molecule has 2 aromatic heterocycles. The Morgan fingerprint density at radius 1 is 1.25 bits per heavy atom. The monoisotopic (exact) mass is 322 g/mol. The maximum Gasteiger partial charge on any atom is 0.258 e. The molecule has 1 amide bonds. The Kier molecular flexibility index (Phi) is 4.65. The highest BCUT2D eigenvalue weighted by molar-refractivity contribution is 5.78. The quantitative estimate of drug-likeness (QED) is 0.753. The van der Waals surface area contributed by atoms with Crippen LogP contribution in [-0.4, -0.2) is 20.9 Å². The number of H-pyrrole nitrogens is 1. The van der Waals surface area contributed by atoms with E-state index in [1.807, 2.05) is 25.1 Å². The first kappa shape index (κ1) is 15.9. The van der Waals surface area contributed by atoms with Gasteiger partial charge in [0.05, 0.1) is 16.9 Å². The van der Waals surface area contributed by atoms with Crippen LogP contribution >= 0.6 is 0 Å². The smallest absolute Gasteiger partial charge is 0.258 e. The molecule has 2 N–H and O–H groups in total. The van der Waals surface area contributed by atoms with Crippen molar-refractivity contribution >= 4 is 16.8 Å². The number of benzene rings is 1. The van der Waals surface area contributed by atoms with E-state index in [0.29, 0.717) is 23.1 Å². The van der Waals surface area contributed by atoms with Gasteiger partial charge in [0, 0.05) is 25.2 Å². The fourth-order valence-electron chi connectivity index (χ4n) is 2.51. The van der Waals surface area contributed by atoms with Gasteiger partial charge in [0.1, 0.15) is 5.82 Å². The lowest BCUT2D eigenvalue weighted by Crippen LogP contribution is -2.27. The lowest BCUT2D eigenvalue weighted by atomic mass is 10.1. The van der Waals surface area contributed by atoms with E-state index < -0.39 is 0 Å². The summed E-state index contributed by atoms with van der Waals surface area (Å²) in [4.78, 5) is 35.3. The maximum atomic E-state index is 12.1. The molecule has 0 aliphatic heterocycles. The maximum absolute atomic E-state index is 12.1. The summed E-state index contributed by atoms with van der Waals surface area (Å²) in [5.74, 6) is 0.421. The Hall–Kier alpha value is -3.02. The van der Waals surface area contributed by atoms with Crippen LogP contribution in [0, 0.1) is 0 Å². The van der Waals surface area contributed by atoms with E-state index in [2.05, 4.69) is 20.3 Å². The predicted octanol–water partition coefficient (Wildman–Crippen LogP) is 2.13. The zero-order valence-electron chi connectivity index (χ0n) is 13.3. The van der Waals surface area contributed by atoms with E-state index >= 15 is 0 Å². The fraction of sp³-hybridized carbons (Fsp3) is 0.222. The van der Waals surface area contributed by atoms with Crippen molar-refractivity contribution in [3.8, 4) is 0 Å². The van der Waals surface area contributed by atoms with E-state index in [0.717, 1.165) is 5.56 Å². The van der Waals surface area contributed by atoms with Gasteiger partial charge in [-0.3, -0.25) is 14.6 Å². The molecule has 2 heterocycles. The normalized spacial score (nSPS) is 12.0. The first-order chi connectivity index (χ1) is 11.6. The first-order valence-corrected chi connectivity index (χ1v) is 7.81. The number of hydrogen-bond donors (Lipinski definition) is 2. The number of nitrogens with one attached hydrogen (secondary N) is 2. The summed E-state index contributed by atoms with van der Waals surface area (Å²) in [5, 5.41) is 3.47. The minimum Gasteiger partial charge on any atom is -0.350 e. The lowest BCUT2D eigenvalue weighted by molar-refractivity contribution is -0.121. The van der Waals surface area contributed by atoms with Gasteiger partial charge in [-0.05, 0) is 30.7 Å². The Balaban J connectivity index is 1.63. The Labute approximate surface area is 139 Å². The first-order valence-electron chi connectivity index (χ1n) is 7.81. The minimum atomic E-state index is -0.181. The van der Waals surface area contributed by atoms with Gasteiger partial charge in [0.15, 0.2) is 0 Å². The third-order valence-corrected chi connectivity index (χ3v) is 3.81. The van der Waals surface area contributed by atoms with Crippen LogP contribution in [-0.2, 0) is 11.2 Å². The number of rotatable bonds is 5. The lowest BCUT2D eigenvalue weighted by Gasteiger charge is -2.13. The van der Waals surface area contributed by atoms with Gasteiger partial charge in [-0.25, -0.2) is 4.98 Å². The molecule has 0 aliphatic rings. The molecule has 0 bridgehead atoms. The van der Waals surface area contributed by atoms with Crippen molar-refractivity contribution in [3.63, 3.8) is 0 Å². The van der Waals surface area contributed by atoms with Crippen molar-refractivity contribution in [2.45, 2.75) is 25.8 Å². The van der Waals surface area contributed by atoms with Gasteiger partial charge < -0.3 is 10.3 Å². The van der Waals surface area contributed by atoms with Crippen LogP contribution in [0.15, 0.2) is 53.6 Å². The third kappa shape index (κ3) is 3.65. The average Bonchev–Trinajstić information content (AvgIpc) is 2.61. The fourth-order valence-corrected chi connectivity index (χ4v) is 2.51. The van der Waals surface area contributed by atoms with E-state index in [9.17, 15) is 9.59 Å². The van der Waals surface area contributed by atoms with Crippen LogP contribution < -0.4 is 10.9 Å². The second-order valence-electron chi connectivity index (χ2n) is 5.61. The van der Waals surface area contributed by atoms with Crippen molar-refractivity contribution in [1.29, 1.82) is 0 Å². The van der Waals surface area contributed by atoms with Gasteiger partial charge in [-0.15, -0.1) is 0 Å². The number of aromatic amines is 1. The summed E-state index contributed by atoms with van der Waals surface area (Å²) in [7, 11) is 0. The standard InChI is InChI=1S/C18H18N4O2/c1-12(13-5-4-10-19-11-13)20-17(23)9-8-16-21-15-7-3-2-6-14(15)18(24)22-16/h2-7,10-12H,8-9H2,1H3,(H,20,23)(H,21,22,24)/t12-/m0/s1. The SMILES string of the molecule is C[C@H](NC(=O)CCc1nc2ccccc2c(=O)[nH]1)c1cccnc1. The number of nitrogens with zero attached hydrogens (tertiary/aromatic N) is 2. The Morgan fingerprint density at radius 2 is 2.08 bits per heavy atom. The number of amides is 1. The van der Waals surface area contributed by atoms with E-state index in [-0.39, 0.29) is 23.9 Å². The summed E-state index contributed by atoms with van der Waals surface area (Å²) >= 11 is 0. The number of para-hydroxylation sites is 1. The zero-order valence-corrected chi connectivity index (χ0v) is 13.3. The molecule has 0 aliphatic carbocycles. The summed E-state index contributed by atoms with van der Waals surface area (Å²) in [6.45, 7) is 1.91. The second kappa shape index (κ2) is 7.04. The van der Waals surface area contributed by atoms with Crippen LogP contribution in [0.25, 0.3) is 10.9 Å². The molecule has 0 unspecified atom stereocenters. The number of aryl methyl sites for hydroxylation is 1. The Morgan fingerprint density at radius 3 is 2.88 bits per heavy atom. The van der Waals surface area contributed by atoms with Crippen LogP contribution in [0.2, 0.25) is 0 Å². The molecule has 1 atom stereocenters. The largest absolute Gasteiger partial charge is 0.350 e. The van der Waals surface area contributed by atoms with E-state index in [1.165, 1.54) is 0 Å². The number of hydrogen-bond acceptors (Lipinski definition) is 4. The molecule has 0 saturated heterocycles. The molecule has 1 aromatic carbocycles. The molecule has 6 heteroatoms. The van der Waals surface area contributed by atoms with Crippen molar-refractivity contribution in [1.82, 2.24) is 20.3 Å². The number of carbonyl (C=O) groups excluding carboxylic acids is 1. The second-order valence-corrected chi connectivity index (χ2v) is 5.61. The molecule has 0 fully saturated rings. The molecule has 0 saturated carbocycles. The van der Waals surface area contributed by atoms with Crippen molar-refractivity contribution in [2.75, 3.05) is 0 Å². The highest BCUT2D eigenvalue weighted by atomic mass is 16.1. The molecule has 3 rings (SSSR count). The van der Waals surface area contributed by atoms with Crippen LogP contribution in [0.4, 0.5) is 0 Å². The summed E-state index contributed by atoms with van der Waals surface area (Å²) in [6, 6.07) is 10.8. The van der Waals surface area contributed by atoms with Gasteiger partial charge in [-0.1, -0.05) is 18.2 Å². The molecule has 6 nitrogen and oxygen atoms in total. The molecule has 24 heavy (non-hydrogen) atoms. The molecule has 0 spiro atoms. The van der Waals surface area contributed by atoms with Crippen molar-refractivity contribution < 1.29 is 4.79 Å². The van der Waals surface area contributed by atoms with Crippen molar-refractivity contribution in [3.05, 3.63) is 70.5 Å². The average molecular weight is 322 g/mol. The Bertz CT molecular complexity index is 906. The summed E-state index contributed by atoms with van der Waals surface area (Å²) < 4.78 is 0.